The molecule has 11 N–H and O–H groups in total. The fraction of sp³-hybridized carbons (Fsp3) is 0.408. The highest BCUT2D eigenvalue weighted by molar-refractivity contribution is 6.30. The number of phenols is 1. The van der Waals surface area contributed by atoms with E-state index in [9.17, 15) is 48.9 Å². The van der Waals surface area contributed by atoms with Gasteiger partial charge in [-0.2, -0.15) is 0 Å². The first-order chi connectivity index (χ1) is 32.3. The van der Waals surface area contributed by atoms with E-state index < -0.39 is 77.7 Å². The quantitative estimate of drug-likeness (QED) is 0.0552. The van der Waals surface area contributed by atoms with Crippen LogP contribution in [0.15, 0.2) is 84.6 Å². The van der Waals surface area contributed by atoms with Crippen molar-refractivity contribution in [2.45, 2.75) is 102 Å². The van der Waals surface area contributed by atoms with Crippen LogP contribution in [-0.2, 0) is 35.2 Å². The van der Waals surface area contributed by atoms with Gasteiger partial charge < -0.3 is 57.9 Å². The third-order valence-electron chi connectivity index (χ3n) is 12.0. The first kappa shape index (κ1) is 52.2. The number of nitrogens with zero attached hydrogens (tertiary/aromatic N) is 2. The van der Waals surface area contributed by atoms with Crippen LogP contribution in [0.5, 0.6) is 5.75 Å². The number of phenolic OH excluding ortho intramolecular Hbond substituents is 1. The van der Waals surface area contributed by atoms with E-state index >= 15 is 0 Å². The molecule has 68 heavy (non-hydrogen) atoms. The van der Waals surface area contributed by atoms with E-state index in [0.29, 0.717) is 41.9 Å². The average Bonchev–Trinajstić information content (AvgIpc) is 3.71. The van der Waals surface area contributed by atoms with E-state index in [0.717, 1.165) is 16.0 Å². The topological polar surface area (TPSA) is 287 Å². The molecule has 1 heterocycles. The summed E-state index contributed by atoms with van der Waals surface area (Å²) in [6, 6.07) is 12.5. The molecule has 7 atom stereocenters. The Bertz CT molecular complexity index is 2390. The number of unbranched alkanes of at least 4 members (excludes halogenated alkanes) is 1. The largest absolute Gasteiger partial charge is 0.508 e. The van der Waals surface area contributed by atoms with Gasteiger partial charge in [-0.1, -0.05) is 48.0 Å². The summed E-state index contributed by atoms with van der Waals surface area (Å²) < 4.78 is 0. The van der Waals surface area contributed by atoms with Gasteiger partial charge in [-0.15, -0.1) is 0 Å². The Balaban J connectivity index is 1.36. The van der Waals surface area contributed by atoms with Gasteiger partial charge in [0.15, 0.2) is 0 Å². The number of allylic oxidation sites excluding steroid dienone is 2. The molecule has 0 aromatic heterocycles. The molecule has 19 heteroatoms. The van der Waals surface area contributed by atoms with Crippen molar-refractivity contribution in [2.24, 2.45) is 17.4 Å². The highest BCUT2D eigenvalue weighted by Crippen LogP contribution is 2.38. The number of primary amides is 1. The molecule has 1 aliphatic carbocycles. The first-order valence-corrected chi connectivity index (χ1v) is 22.9. The van der Waals surface area contributed by atoms with Crippen molar-refractivity contribution < 1.29 is 48.9 Å². The number of benzene rings is 3. The molecule has 5 rings (SSSR count). The lowest BCUT2D eigenvalue weighted by Gasteiger charge is -2.36. The number of carbonyl (C=O) groups excluding carboxylic acids is 7. The van der Waals surface area contributed by atoms with E-state index in [1.54, 1.807) is 56.3 Å². The number of carbonyl (C=O) groups is 7. The molecule has 7 amide bonds. The molecule has 1 fully saturated rings. The van der Waals surface area contributed by atoms with Crippen LogP contribution in [0, 0.1) is 5.92 Å². The van der Waals surface area contributed by atoms with Gasteiger partial charge in [-0.05, 0) is 112 Å². The maximum Gasteiger partial charge on any atom is 0.251 e. The lowest BCUT2D eigenvalue weighted by Crippen LogP contribution is -2.57. The van der Waals surface area contributed by atoms with Crippen molar-refractivity contribution in [3.63, 3.8) is 0 Å². The molecule has 2 aliphatic rings. The van der Waals surface area contributed by atoms with Crippen LogP contribution in [0.25, 0.3) is 16.7 Å². The predicted octanol–water partition coefficient (Wildman–Crippen LogP) is 2.45. The summed E-state index contributed by atoms with van der Waals surface area (Å²) in [5, 5.41) is 43.9. The number of aliphatic hydroxyl groups is 2. The summed E-state index contributed by atoms with van der Waals surface area (Å²) in [6.45, 7) is 5.15. The number of likely N-dealkylation sites (tertiary alicyclic amines) is 1. The Labute approximate surface area is 400 Å². The fourth-order valence-corrected chi connectivity index (χ4v) is 8.62. The number of hydrogen-bond donors (Lipinski definition) is 9. The molecule has 18 nitrogen and oxygen atoms in total. The Morgan fingerprint density at radius 2 is 1.56 bits per heavy atom. The normalized spacial score (nSPS) is 18.5. The minimum atomic E-state index is -1.23. The maximum atomic E-state index is 14.5. The third kappa shape index (κ3) is 13.2. The number of hydrogen-bond acceptors (Lipinski definition) is 11. The van der Waals surface area contributed by atoms with Crippen molar-refractivity contribution in [1.82, 2.24) is 31.1 Å². The Morgan fingerprint density at radius 3 is 2.18 bits per heavy atom. The molecule has 3 aromatic rings. The van der Waals surface area contributed by atoms with Crippen molar-refractivity contribution in [2.75, 3.05) is 20.1 Å². The molecule has 0 radical (unpaired) electrons. The average molecular weight is 958 g/mol. The molecule has 0 saturated carbocycles. The zero-order chi connectivity index (χ0) is 49.8. The van der Waals surface area contributed by atoms with Gasteiger partial charge in [-0.3, -0.25) is 33.6 Å². The second-order valence-corrected chi connectivity index (χ2v) is 17.9. The second-order valence-electron chi connectivity index (χ2n) is 17.5. The van der Waals surface area contributed by atoms with Gasteiger partial charge in [0, 0.05) is 60.1 Å². The van der Waals surface area contributed by atoms with Gasteiger partial charge in [0.2, 0.25) is 35.9 Å². The summed E-state index contributed by atoms with van der Waals surface area (Å²) in [5.41, 5.74) is 14.1. The van der Waals surface area contributed by atoms with Crippen LogP contribution in [0.4, 0.5) is 0 Å². The number of aromatic hydroxyl groups is 1. The fourth-order valence-electron chi connectivity index (χ4n) is 8.50. The number of amides is 7. The summed E-state index contributed by atoms with van der Waals surface area (Å²) in [5.74, 6) is -4.98. The summed E-state index contributed by atoms with van der Waals surface area (Å²) in [7, 11) is 1.48. The van der Waals surface area contributed by atoms with Gasteiger partial charge >= 0.3 is 0 Å². The van der Waals surface area contributed by atoms with Gasteiger partial charge in [0.05, 0.1) is 6.10 Å². The minimum Gasteiger partial charge on any atom is -0.508 e. The minimum absolute atomic E-state index is 0.0389. The number of likely N-dealkylation sites (N-methyl/N-ethyl adjacent to an activating group) is 1. The molecule has 364 valence electrons. The Morgan fingerprint density at radius 1 is 0.897 bits per heavy atom. The number of rotatable bonds is 21. The van der Waals surface area contributed by atoms with Crippen LogP contribution in [-0.4, -0.2) is 129 Å². The molecule has 1 saturated heterocycles. The zero-order valence-electron chi connectivity index (χ0n) is 38.5. The lowest BCUT2D eigenvalue weighted by atomic mass is 9.82. The summed E-state index contributed by atoms with van der Waals surface area (Å²) in [6.07, 6.45) is 3.41. The smallest absolute Gasteiger partial charge is 0.251 e. The number of nitrogens with one attached hydrogen (secondary N) is 4. The molecular weight excluding hydrogens is 896 g/mol. The number of halogens is 1. The Kier molecular flexibility index (Phi) is 18.3. The van der Waals surface area contributed by atoms with Gasteiger partial charge in [-0.25, -0.2) is 0 Å². The molecule has 3 aromatic carbocycles. The van der Waals surface area contributed by atoms with E-state index in [2.05, 4.69) is 21.3 Å². The summed E-state index contributed by atoms with van der Waals surface area (Å²) in [4.78, 5) is 95.1. The maximum absolute atomic E-state index is 14.5. The molecule has 0 spiro atoms. The van der Waals surface area contributed by atoms with Crippen molar-refractivity contribution in [3.8, 4) is 16.9 Å². The van der Waals surface area contributed by atoms with E-state index in [1.807, 2.05) is 12.1 Å². The monoisotopic (exact) mass is 956 g/mol. The third-order valence-corrected chi connectivity index (χ3v) is 12.3. The standard InChI is InChI=1S/C49H61ClN8O10/c1-27(2)54-47(66)43(57(4)49(68)38(7-5-6-20-51)56-45(64)32-11-9-30(10-12-32)31-13-16-34(50)17-14-31)33-15-19-42(62)37(23-33)36-21-29(8-18-41(36)61)22-39(53-26-59)46(65)55-28(3)48(67)58-25-35(60)24-40(58)44(52)63/h8-19,21,26-28,33,35,38-40,43,60-62H,5-7,20,22-25,51H2,1-4H3,(H2,52,63)(H,53,59)(H,54,66)(H,55,65)(H,56,64)/t28-,33?,35+,38-,39-,40-,43-/m0/s1. The Hall–Kier alpha value is -6.76. The molecule has 0 bridgehead atoms. The number of nitrogens with two attached hydrogens (primary N) is 2. The number of aliphatic hydroxyl groups excluding tert-OH is 2. The lowest BCUT2D eigenvalue weighted by molar-refractivity contribution is -0.142. The summed E-state index contributed by atoms with van der Waals surface area (Å²) >= 11 is 6.05. The first-order valence-electron chi connectivity index (χ1n) is 22.5. The molecular formula is C49H61ClN8O10. The predicted molar refractivity (Wildman–Crippen MR) is 255 cm³/mol. The zero-order valence-corrected chi connectivity index (χ0v) is 39.2. The van der Waals surface area contributed by atoms with Crippen molar-refractivity contribution >= 4 is 59.0 Å². The van der Waals surface area contributed by atoms with E-state index in [-0.39, 0.29) is 60.9 Å². The van der Waals surface area contributed by atoms with Crippen LogP contribution in [0.1, 0.15) is 74.4 Å². The highest BCUT2D eigenvalue weighted by Gasteiger charge is 2.41. The van der Waals surface area contributed by atoms with Crippen LogP contribution in [0.2, 0.25) is 5.02 Å². The number of β-amino-alcohol motifs (C(OH)–C–C–N with tert-alkyl or cyclic N) is 1. The van der Waals surface area contributed by atoms with E-state index in [1.165, 1.54) is 43.1 Å². The van der Waals surface area contributed by atoms with Crippen molar-refractivity contribution in [3.05, 3.63) is 106 Å². The van der Waals surface area contributed by atoms with Crippen LogP contribution < -0.4 is 32.7 Å². The van der Waals surface area contributed by atoms with Crippen LogP contribution in [0.3, 0.4) is 0 Å². The second kappa shape index (κ2) is 23.8. The molecule has 1 aliphatic heterocycles. The van der Waals surface area contributed by atoms with Crippen molar-refractivity contribution in [1.29, 1.82) is 0 Å². The van der Waals surface area contributed by atoms with Gasteiger partial charge in [0.1, 0.15) is 41.7 Å². The molecule has 1 unspecified atom stereocenters. The highest BCUT2D eigenvalue weighted by atomic mass is 35.5. The SMILES string of the molecule is CC(C)NC(=O)[C@H](C1C=CC(O)=C(c2cc(C[C@H](NC=O)C(=O)N[C@@H](C)C(=O)N3C[C@H](O)C[C@H]3C(N)=O)ccc2O)C1)N(C)C(=O)[C@H](CCCCN)NC(=O)c1ccc(-c2ccc(Cl)cc2)cc1. The van der Waals surface area contributed by atoms with Gasteiger partial charge in [0.25, 0.3) is 5.91 Å². The van der Waals surface area contributed by atoms with Crippen LogP contribution >= 0.6 is 11.6 Å². The van der Waals surface area contributed by atoms with E-state index in [4.69, 9.17) is 23.1 Å².